The van der Waals surface area contributed by atoms with E-state index in [1.165, 1.54) is 19.4 Å². The van der Waals surface area contributed by atoms with Gasteiger partial charge < -0.3 is 5.73 Å². The molecule has 0 aromatic carbocycles. The highest BCUT2D eigenvalue weighted by Gasteiger charge is 2.25. The summed E-state index contributed by atoms with van der Waals surface area (Å²) >= 11 is 0. The van der Waals surface area contributed by atoms with E-state index in [1.807, 2.05) is 13.8 Å². The predicted molar refractivity (Wildman–Crippen MR) is 71.4 cm³/mol. The van der Waals surface area contributed by atoms with Crippen molar-refractivity contribution in [2.45, 2.75) is 52.5 Å². The van der Waals surface area contributed by atoms with Crippen molar-refractivity contribution in [1.29, 1.82) is 5.26 Å². The van der Waals surface area contributed by atoms with Crippen molar-refractivity contribution in [1.82, 2.24) is 4.90 Å². The van der Waals surface area contributed by atoms with Gasteiger partial charge in [0.25, 0.3) is 0 Å². The molecule has 3 heteroatoms. The third-order valence-corrected chi connectivity index (χ3v) is 3.92. The molecule has 2 N–H and O–H groups in total. The second-order valence-electron chi connectivity index (χ2n) is 6.15. The summed E-state index contributed by atoms with van der Waals surface area (Å²) in [5, 5.41) is 8.98. The van der Waals surface area contributed by atoms with Crippen LogP contribution in [0.2, 0.25) is 0 Å². The van der Waals surface area contributed by atoms with Gasteiger partial charge in [-0.15, -0.1) is 0 Å². The maximum Gasteiger partial charge on any atom is 0.0683 e. The fourth-order valence-electron chi connectivity index (χ4n) is 2.62. The van der Waals surface area contributed by atoms with E-state index in [4.69, 9.17) is 11.0 Å². The van der Waals surface area contributed by atoms with Crippen LogP contribution in [0.4, 0.5) is 0 Å². The summed E-state index contributed by atoms with van der Waals surface area (Å²) in [6.45, 7) is 9.40. The Kier molecular flexibility index (Phi) is 5.42. The lowest BCUT2D eigenvalue weighted by Gasteiger charge is -2.38. The SMILES string of the molecule is CC1CCN(CCCC(C)(C)C#N)C(CN)C1. The number of rotatable bonds is 5. The summed E-state index contributed by atoms with van der Waals surface area (Å²) in [6, 6.07) is 2.93. The summed E-state index contributed by atoms with van der Waals surface area (Å²) in [4.78, 5) is 2.52. The Hall–Kier alpha value is -0.590. The van der Waals surface area contributed by atoms with Crippen LogP contribution in [0.15, 0.2) is 0 Å². The summed E-state index contributed by atoms with van der Waals surface area (Å²) in [5.74, 6) is 0.815. The molecule has 0 saturated carbocycles. The zero-order valence-electron chi connectivity index (χ0n) is 11.6. The first-order valence-electron chi connectivity index (χ1n) is 6.84. The second kappa shape index (κ2) is 6.37. The number of nitrogens with two attached hydrogens (primary N) is 1. The third-order valence-electron chi connectivity index (χ3n) is 3.92. The molecule has 2 unspecified atom stereocenters. The lowest BCUT2D eigenvalue weighted by molar-refractivity contribution is 0.118. The maximum absolute atomic E-state index is 8.98. The van der Waals surface area contributed by atoms with Gasteiger partial charge in [-0.2, -0.15) is 5.26 Å². The summed E-state index contributed by atoms with van der Waals surface area (Å²) in [7, 11) is 0. The zero-order chi connectivity index (χ0) is 12.9. The van der Waals surface area contributed by atoms with Crippen LogP contribution in [0, 0.1) is 22.7 Å². The van der Waals surface area contributed by atoms with Gasteiger partial charge in [0.1, 0.15) is 0 Å². The van der Waals surface area contributed by atoms with Gasteiger partial charge in [0.2, 0.25) is 0 Å². The molecule has 1 rings (SSSR count). The number of nitriles is 1. The fourth-order valence-corrected chi connectivity index (χ4v) is 2.62. The normalized spacial score (nSPS) is 26.8. The molecule has 1 aliphatic heterocycles. The number of hydrogen-bond donors (Lipinski definition) is 1. The van der Waals surface area contributed by atoms with Crippen molar-refractivity contribution < 1.29 is 0 Å². The van der Waals surface area contributed by atoms with Gasteiger partial charge in [0.15, 0.2) is 0 Å². The molecule has 0 spiro atoms. The second-order valence-corrected chi connectivity index (χ2v) is 6.15. The Morgan fingerprint density at radius 1 is 1.47 bits per heavy atom. The van der Waals surface area contributed by atoms with Crippen LogP contribution >= 0.6 is 0 Å². The van der Waals surface area contributed by atoms with Crippen molar-refractivity contribution in [2.24, 2.45) is 17.1 Å². The molecule has 17 heavy (non-hydrogen) atoms. The van der Waals surface area contributed by atoms with Crippen LogP contribution in [-0.4, -0.2) is 30.6 Å². The highest BCUT2D eigenvalue weighted by Crippen LogP contribution is 2.24. The number of hydrogen-bond acceptors (Lipinski definition) is 3. The van der Waals surface area contributed by atoms with Crippen molar-refractivity contribution in [2.75, 3.05) is 19.6 Å². The molecule has 1 saturated heterocycles. The van der Waals surface area contributed by atoms with Gasteiger partial charge in [-0.25, -0.2) is 0 Å². The smallest absolute Gasteiger partial charge is 0.0683 e. The van der Waals surface area contributed by atoms with E-state index in [9.17, 15) is 0 Å². The highest BCUT2D eigenvalue weighted by atomic mass is 15.2. The zero-order valence-corrected chi connectivity index (χ0v) is 11.6. The Bertz CT molecular complexity index is 267. The summed E-state index contributed by atoms with van der Waals surface area (Å²) in [5.41, 5.74) is 5.67. The Balaban J connectivity index is 2.33. The number of likely N-dealkylation sites (tertiary alicyclic amines) is 1. The van der Waals surface area contributed by atoms with Crippen LogP contribution < -0.4 is 5.73 Å². The number of nitrogens with zero attached hydrogens (tertiary/aromatic N) is 2. The van der Waals surface area contributed by atoms with Crippen LogP contribution in [0.5, 0.6) is 0 Å². The molecular formula is C14H27N3. The average Bonchev–Trinajstić information content (AvgIpc) is 2.30. The van der Waals surface area contributed by atoms with Crippen molar-refractivity contribution in [3.63, 3.8) is 0 Å². The molecule has 2 atom stereocenters. The minimum absolute atomic E-state index is 0.179. The lowest BCUT2D eigenvalue weighted by Crippen LogP contribution is -2.46. The Labute approximate surface area is 106 Å². The molecule has 0 amide bonds. The minimum Gasteiger partial charge on any atom is -0.329 e. The van der Waals surface area contributed by atoms with Crippen molar-refractivity contribution >= 4 is 0 Å². The van der Waals surface area contributed by atoms with Crippen molar-refractivity contribution in [3.05, 3.63) is 0 Å². The third kappa shape index (κ3) is 4.65. The highest BCUT2D eigenvalue weighted by molar-refractivity contribution is 4.91. The van der Waals surface area contributed by atoms with E-state index in [0.717, 1.165) is 31.8 Å². The Morgan fingerprint density at radius 3 is 2.76 bits per heavy atom. The van der Waals surface area contributed by atoms with Gasteiger partial charge >= 0.3 is 0 Å². The predicted octanol–water partition coefficient (Wildman–Crippen LogP) is 2.38. The molecule has 1 heterocycles. The van der Waals surface area contributed by atoms with E-state index >= 15 is 0 Å². The van der Waals surface area contributed by atoms with Gasteiger partial charge in [-0.3, -0.25) is 4.90 Å². The molecule has 3 nitrogen and oxygen atoms in total. The lowest BCUT2D eigenvalue weighted by atomic mass is 9.88. The number of piperidine rings is 1. The fraction of sp³-hybridized carbons (Fsp3) is 0.929. The average molecular weight is 237 g/mol. The molecule has 1 fully saturated rings. The van der Waals surface area contributed by atoms with Crippen LogP contribution in [0.1, 0.15) is 46.5 Å². The minimum atomic E-state index is -0.179. The molecule has 1 aliphatic rings. The largest absolute Gasteiger partial charge is 0.329 e. The molecular weight excluding hydrogens is 210 g/mol. The standard InChI is InChI=1S/C14H27N3/c1-12-5-8-17(13(9-12)10-15)7-4-6-14(2,3)11-16/h12-13H,4-10,15H2,1-3H3. The van der Waals surface area contributed by atoms with Crippen LogP contribution in [-0.2, 0) is 0 Å². The topological polar surface area (TPSA) is 53.0 Å². The monoisotopic (exact) mass is 237 g/mol. The van der Waals surface area contributed by atoms with E-state index in [1.54, 1.807) is 0 Å². The molecule has 0 aromatic heterocycles. The van der Waals surface area contributed by atoms with Gasteiger partial charge in [0, 0.05) is 12.6 Å². The quantitative estimate of drug-likeness (QED) is 0.798. The van der Waals surface area contributed by atoms with Crippen molar-refractivity contribution in [3.8, 4) is 6.07 Å². The molecule has 0 radical (unpaired) electrons. The van der Waals surface area contributed by atoms with Gasteiger partial charge in [0.05, 0.1) is 11.5 Å². The molecule has 98 valence electrons. The van der Waals surface area contributed by atoms with Gasteiger partial charge in [-0.1, -0.05) is 6.92 Å². The van der Waals surface area contributed by atoms with E-state index < -0.39 is 0 Å². The summed E-state index contributed by atoms with van der Waals surface area (Å²) in [6.07, 6.45) is 4.61. The molecule has 0 aliphatic carbocycles. The van der Waals surface area contributed by atoms with Crippen LogP contribution in [0.25, 0.3) is 0 Å². The molecule has 0 bridgehead atoms. The van der Waals surface area contributed by atoms with Crippen LogP contribution in [0.3, 0.4) is 0 Å². The van der Waals surface area contributed by atoms with E-state index in [-0.39, 0.29) is 5.41 Å². The first-order valence-corrected chi connectivity index (χ1v) is 6.84. The Morgan fingerprint density at radius 2 is 2.18 bits per heavy atom. The van der Waals surface area contributed by atoms with E-state index in [0.29, 0.717) is 6.04 Å². The van der Waals surface area contributed by atoms with E-state index in [2.05, 4.69) is 17.9 Å². The first-order chi connectivity index (χ1) is 7.98. The summed E-state index contributed by atoms with van der Waals surface area (Å²) < 4.78 is 0. The first kappa shape index (κ1) is 14.5. The maximum atomic E-state index is 8.98. The van der Waals surface area contributed by atoms with Gasteiger partial charge in [-0.05, 0) is 58.5 Å². The molecule has 0 aromatic rings.